The molecule has 0 aliphatic rings. The molecule has 0 aromatic heterocycles. The zero-order chi connectivity index (χ0) is 16.9. The van der Waals surface area contributed by atoms with Crippen LogP contribution in [0.3, 0.4) is 0 Å². The van der Waals surface area contributed by atoms with E-state index in [1.807, 2.05) is 24.3 Å². The molecule has 0 aliphatic carbocycles. The molecule has 0 spiro atoms. The first-order valence-electron chi connectivity index (χ1n) is 7.31. The summed E-state index contributed by atoms with van der Waals surface area (Å²) in [6.45, 7) is -0.378. The molecule has 0 radical (unpaired) electrons. The lowest BCUT2D eigenvalue weighted by Crippen LogP contribution is -2.18. The topological polar surface area (TPSA) is 44.8 Å². The Bertz CT molecular complexity index is 876. The fraction of sp³-hybridized carbons (Fsp3) is 0.105. The molecule has 0 aliphatic heterocycles. The number of hydrogen-bond acceptors (Lipinski definition) is 4. The van der Waals surface area contributed by atoms with Gasteiger partial charge in [0, 0.05) is 0 Å². The van der Waals surface area contributed by atoms with Crippen molar-refractivity contribution in [1.82, 2.24) is 0 Å². The van der Waals surface area contributed by atoms with Crippen LogP contribution in [0.2, 0.25) is 0 Å². The molecule has 4 nitrogen and oxygen atoms in total. The highest BCUT2D eigenvalue weighted by molar-refractivity contribution is 5.86. The van der Waals surface area contributed by atoms with E-state index in [-0.39, 0.29) is 12.4 Å². The zero-order valence-electron chi connectivity index (χ0n) is 13.0. The third kappa shape index (κ3) is 3.63. The van der Waals surface area contributed by atoms with E-state index >= 15 is 0 Å². The zero-order valence-corrected chi connectivity index (χ0v) is 13.0. The third-order valence-corrected chi connectivity index (χ3v) is 3.43. The summed E-state index contributed by atoms with van der Waals surface area (Å²) in [6, 6.07) is 16.8. The molecule has 3 aromatic carbocycles. The van der Waals surface area contributed by atoms with Crippen molar-refractivity contribution in [2.24, 2.45) is 0 Å². The molecule has 0 amide bonds. The van der Waals surface area contributed by atoms with E-state index in [0.717, 1.165) is 10.8 Å². The Labute approximate surface area is 138 Å². The van der Waals surface area contributed by atoms with Crippen LogP contribution in [0.1, 0.15) is 0 Å². The minimum absolute atomic E-state index is 0.0118. The van der Waals surface area contributed by atoms with Crippen LogP contribution in [0.25, 0.3) is 10.8 Å². The van der Waals surface area contributed by atoms with Crippen molar-refractivity contribution >= 4 is 16.7 Å². The van der Waals surface area contributed by atoms with Gasteiger partial charge in [-0.1, -0.05) is 24.3 Å². The van der Waals surface area contributed by atoms with Crippen LogP contribution >= 0.6 is 0 Å². The van der Waals surface area contributed by atoms with Crippen molar-refractivity contribution in [3.05, 3.63) is 66.5 Å². The number of para-hydroxylation sites is 1. The first kappa shape index (κ1) is 15.8. The lowest BCUT2D eigenvalue weighted by Gasteiger charge is -2.08. The van der Waals surface area contributed by atoms with Gasteiger partial charge >= 0.3 is 5.97 Å². The van der Waals surface area contributed by atoms with Gasteiger partial charge in [-0.25, -0.2) is 9.18 Å². The summed E-state index contributed by atoms with van der Waals surface area (Å²) in [5, 5.41) is 1.88. The summed E-state index contributed by atoms with van der Waals surface area (Å²) in [5.74, 6) is -0.0203. The molecular formula is C19H15FO4. The lowest BCUT2D eigenvalue weighted by atomic mass is 10.1. The van der Waals surface area contributed by atoms with E-state index < -0.39 is 11.8 Å². The fourth-order valence-electron chi connectivity index (χ4n) is 2.25. The number of esters is 1. The number of ether oxygens (including phenoxy) is 3. The van der Waals surface area contributed by atoms with Gasteiger partial charge in [0.2, 0.25) is 0 Å². The maximum absolute atomic E-state index is 13.4. The van der Waals surface area contributed by atoms with E-state index in [9.17, 15) is 9.18 Å². The second-order valence-corrected chi connectivity index (χ2v) is 5.07. The van der Waals surface area contributed by atoms with Crippen LogP contribution in [0.5, 0.6) is 17.2 Å². The Morgan fingerprint density at radius 3 is 2.42 bits per heavy atom. The Balaban J connectivity index is 1.67. The van der Waals surface area contributed by atoms with Crippen LogP contribution in [0.15, 0.2) is 60.7 Å². The molecule has 0 unspecified atom stereocenters. The second kappa shape index (κ2) is 7.00. The van der Waals surface area contributed by atoms with Crippen molar-refractivity contribution in [3.8, 4) is 17.2 Å². The summed E-state index contributed by atoms with van der Waals surface area (Å²) in [5.41, 5.74) is 0. The molecule has 0 saturated carbocycles. The maximum Gasteiger partial charge on any atom is 0.349 e. The number of carbonyl (C=O) groups excluding carboxylic acids is 1. The van der Waals surface area contributed by atoms with Crippen LogP contribution in [-0.4, -0.2) is 19.7 Å². The Morgan fingerprint density at radius 2 is 1.67 bits per heavy atom. The summed E-state index contributed by atoms with van der Waals surface area (Å²) in [7, 11) is 1.59. The second-order valence-electron chi connectivity index (χ2n) is 5.07. The molecule has 0 atom stereocenters. The predicted molar refractivity (Wildman–Crippen MR) is 88.0 cm³/mol. The van der Waals surface area contributed by atoms with Crippen molar-refractivity contribution < 1.29 is 23.4 Å². The molecule has 5 heteroatoms. The van der Waals surface area contributed by atoms with E-state index in [1.165, 1.54) is 12.1 Å². The first-order chi connectivity index (χ1) is 11.7. The molecule has 0 fully saturated rings. The van der Waals surface area contributed by atoms with Gasteiger partial charge in [-0.05, 0) is 47.2 Å². The summed E-state index contributed by atoms with van der Waals surface area (Å²) in [6.07, 6.45) is 0. The van der Waals surface area contributed by atoms with E-state index in [1.54, 1.807) is 31.4 Å². The number of fused-ring (bicyclic) bond motifs is 1. The standard InChI is InChI=1S/C19H15FO4/c1-22-15-8-6-13-7-9-16(11-14(13)10-15)24-19(21)12-23-18-5-3-2-4-17(18)20/h2-11H,12H2,1H3. The minimum Gasteiger partial charge on any atom is -0.497 e. The Morgan fingerprint density at radius 1 is 0.958 bits per heavy atom. The van der Waals surface area contributed by atoms with Crippen LogP contribution in [0.4, 0.5) is 4.39 Å². The predicted octanol–water partition coefficient (Wildman–Crippen LogP) is 3.97. The Hall–Kier alpha value is -3.08. The van der Waals surface area contributed by atoms with Crippen LogP contribution in [-0.2, 0) is 4.79 Å². The van der Waals surface area contributed by atoms with E-state index in [4.69, 9.17) is 14.2 Å². The van der Waals surface area contributed by atoms with Crippen molar-refractivity contribution in [2.75, 3.05) is 13.7 Å². The SMILES string of the molecule is COc1ccc2ccc(OC(=O)COc3ccccc3F)cc2c1. The van der Waals surface area contributed by atoms with Crippen molar-refractivity contribution in [2.45, 2.75) is 0 Å². The number of hydrogen-bond donors (Lipinski definition) is 0. The van der Waals surface area contributed by atoms with Crippen molar-refractivity contribution in [3.63, 3.8) is 0 Å². The molecule has 3 aromatic rings. The van der Waals surface area contributed by atoms with Gasteiger partial charge in [0.05, 0.1) is 7.11 Å². The monoisotopic (exact) mass is 326 g/mol. The molecule has 24 heavy (non-hydrogen) atoms. The summed E-state index contributed by atoms with van der Waals surface area (Å²) < 4.78 is 29.0. The quantitative estimate of drug-likeness (QED) is 0.526. The lowest BCUT2D eigenvalue weighted by molar-refractivity contribution is -0.136. The highest BCUT2D eigenvalue weighted by atomic mass is 19.1. The van der Waals surface area contributed by atoms with Gasteiger partial charge in [0.1, 0.15) is 11.5 Å². The van der Waals surface area contributed by atoms with Gasteiger partial charge in [0.15, 0.2) is 18.2 Å². The maximum atomic E-state index is 13.4. The first-order valence-corrected chi connectivity index (χ1v) is 7.31. The highest BCUT2D eigenvalue weighted by Crippen LogP contribution is 2.25. The summed E-state index contributed by atoms with van der Waals surface area (Å²) >= 11 is 0. The molecule has 0 heterocycles. The number of rotatable bonds is 5. The fourth-order valence-corrected chi connectivity index (χ4v) is 2.25. The molecule has 122 valence electrons. The van der Waals surface area contributed by atoms with Gasteiger partial charge in [0.25, 0.3) is 0 Å². The smallest absolute Gasteiger partial charge is 0.349 e. The summed E-state index contributed by atoms with van der Waals surface area (Å²) in [4.78, 5) is 11.9. The number of halogens is 1. The number of methoxy groups -OCH3 is 1. The van der Waals surface area contributed by atoms with Gasteiger partial charge in [-0.3, -0.25) is 0 Å². The molecule has 0 saturated heterocycles. The Kier molecular flexibility index (Phi) is 4.61. The van der Waals surface area contributed by atoms with Crippen LogP contribution in [0, 0.1) is 5.82 Å². The molecule has 0 bridgehead atoms. The normalized spacial score (nSPS) is 10.4. The average molecular weight is 326 g/mol. The minimum atomic E-state index is -0.611. The van der Waals surface area contributed by atoms with Gasteiger partial charge < -0.3 is 14.2 Å². The third-order valence-electron chi connectivity index (χ3n) is 3.43. The largest absolute Gasteiger partial charge is 0.497 e. The van der Waals surface area contributed by atoms with Gasteiger partial charge in [-0.2, -0.15) is 0 Å². The number of carbonyl (C=O) groups is 1. The molecule has 3 rings (SSSR count). The molecular weight excluding hydrogens is 311 g/mol. The molecule has 0 N–H and O–H groups in total. The van der Waals surface area contributed by atoms with Crippen LogP contribution < -0.4 is 14.2 Å². The van der Waals surface area contributed by atoms with E-state index in [0.29, 0.717) is 11.5 Å². The van der Waals surface area contributed by atoms with Crippen molar-refractivity contribution in [1.29, 1.82) is 0 Å². The average Bonchev–Trinajstić information content (AvgIpc) is 2.60. The highest BCUT2D eigenvalue weighted by Gasteiger charge is 2.09. The van der Waals surface area contributed by atoms with Gasteiger partial charge in [-0.15, -0.1) is 0 Å². The number of benzene rings is 3. The van der Waals surface area contributed by atoms with E-state index in [2.05, 4.69) is 0 Å².